The molecule has 0 radical (unpaired) electrons. The molecule has 92 valence electrons. The molecule has 0 bridgehead atoms. The molecule has 5 heteroatoms. The Morgan fingerprint density at radius 3 is 2.61 bits per heavy atom. The lowest BCUT2D eigenvalue weighted by atomic mass is 10.1. The predicted molar refractivity (Wildman–Crippen MR) is 70.8 cm³/mol. The highest BCUT2D eigenvalue weighted by atomic mass is 32.1. The second-order valence-corrected chi connectivity index (χ2v) is 4.57. The molecule has 0 aliphatic carbocycles. The summed E-state index contributed by atoms with van der Waals surface area (Å²) in [5, 5.41) is 4.99. The maximum absolute atomic E-state index is 11.8. The fourth-order valence-electron chi connectivity index (χ4n) is 1.46. The number of hydrogen-bond acceptors (Lipinski definition) is 4. The molecule has 1 aromatic heterocycles. The van der Waals surface area contributed by atoms with Crippen molar-refractivity contribution in [2.24, 2.45) is 0 Å². The molecule has 0 aliphatic heterocycles. The molecule has 0 saturated heterocycles. The second-order valence-electron chi connectivity index (χ2n) is 3.67. The lowest BCUT2D eigenvalue weighted by Gasteiger charge is -2.01. The van der Waals surface area contributed by atoms with Crippen molar-refractivity contribution in [1.29, 1.82) is 0 Å². The van der Waals surface area contributed by atoms with Crippen LogP contribution in [0, 0.1) is 0 Å². The Kier molecular flexibility index (Phi) is 4.20. The normalized spacial score (nSPS) is 10.0. The molecule has 1 aromatic carbocycles. The van der Waals surface area contributed by atoms with Gasteiger partial charge in [0, 0.05) is 30.0 Å². The van der Waals surface area contributed by atoms with Crippen LogP contribution in [0.3, 0.4) is 0 Å². The molecule has 0 atom stereocenters. The predicted octanol–water partition coefficient (Wildman–Crippen LogP) is 2.74. The highest BCUT2D eigenvalue weighted by molar-refractivity contribution is 7.13. The van der Waals surface area contributed by atoms with Gasteiger partial charge in [-0.3, -0.25) is 9.59 Å². The van der Waals surface area contributed by atoms with Gasteiger partial charge in [0.05, 0.1) is 0 Å². The van der Waals surface area contributed by atoms with E-state index in [1.165, 1.54) is 11.3 Å². The first-order valence-corrected chi connectivity index (χ1v) is 6.41. The number of anilines is 1. The fourth-order valence-corrected chi connectivity index (χ4v) is 2.01. The van der Waals surface area contributed by atoms with Crippen LogP contribution in [0.5, 0.6) is 0 Å². The number of nitrogens with one attached hydrogen (secondary N) is 1. The van der Waals surface area contributed by atoms with Gasteiger partial charge >= 0.3 is 0 Å². The van der Waals surface area contributed by atoms with E-state index in [0.29, 0.717) is 10.7 Å². The summed E-state index contributed by atoms with van der Waals surface area (Å²) < 4.78 is 0. The van der Waals surface area contributed by atoms with Crippen molar-refractivity contribution >= 4 is 28.2 Å². The average molecular weight is 260 g/mol. The Balaban J connectivity index is 1.81. The monoisotopic (exact) mass is 260 g/mol. The van der Waals surface area contributed by atoms with Crippen LogP contribution >= 0.6 is 11.3 Å². The highest BCUT2D eigenvalue weighted by Gasteiger charge is 2.09. The van der Waals surface area contributed by atoms with E-state index >= 15 is 0 Å². The number of amides is 1. The van der Waals surface area contributed by atoms with Gasteiger partial charge in [0.2, 0.25) is 5.91 Å². The Morgan fingerprint density at radius 2 is 1.94 bits per heavy atom. The van der Waals surface area contributed by atoms with Gasteiger partial charge in [0.1, 0.15) is 0 Å². The first-order valence-electron chi connectivity index (χ1n) is 5.53. The van der Waals surface area contributed by atoms with Crippen LogP contribution < -0.4 is 5.32 Å². The zero-order valence-electron chi connectivity index (χ0n) is 9.63. The first kappa shape index (κ1) is 12.4. The van der Waals surface area contributed by atoms with Gasteiger partial charge in [-0.25, -0.2) is 4.98 Å². The molecule has 0 saturated carbocycles. The van der Waals surface area contributed by atoms with Gasteiger partial charge in [-0.05, 0) is 0 Å². The smallest absolute Gasteiger partial charge is 0.226 e. The molecular weight excluding hydrogens is 248 g/mol. The summed E-state index contributed by atoms with van der Waals surface area (Å²) in [5.41, 5.74) is 0.638. The van der Waals surface area contributed by atoms with Crippen molar-refractivity contribution in [1.82, 2.24) is 4.98 Å². The van der Waals surface area contributed by atoms with E-state index in [1.807, 2.05) is 18.2 Å². The zero-order chi connectivity index (χ0) is 12.8. The van der Waals surface area contributed by atoms with E-state index < -0.39 is 0 Å². The van der Waals surface area contributed by atoms with Crippen molar-refractivity contribution in [2.45, 2.75) is 12.8 Å². The van der Waals surface area contributed by atoms with Crippen LogP contribution in [0.4, 0.5) is 5.13 Å². The maximum atomic E-state index is 11.8. The minimum Gasteiger partial charge on any atom is -0.302 e. The van der Waals surface area contributed by atoms with Gasteiger partial charge in [-0.15, -0.1) is 11.3 Å². The third kappa shape index (κ3) is 3.49. The molecule has 1 N–H and O–H groups in total. The number of Topliss-reactive ketones (excluding diaryl/α,β-unsaturated/α-hetero) is 1. The Morgan fingerprint density at radius 1 is 1.17 bits per heavy atom. The van der Waals surface area contributed by atoms with Crippen LogP contribution in [0.25, 0.3) is 0 Å². The van der Waals surface area contributed by atoms with Crippen molar-refractivity contribution in [2.75, 3.05) is 5.32 Å². The van der Waals surface area contributed by atoms with Crippen LogP contribution in [-0.2, 0) is 4.79 Å². The SMILES string of the molecule is O=C(CCC(=O)c1ccccc1)Nc1nccs1. The molecule has 0 fully saturated rings. The largest absolute Gasteiger partial charge is 0.302 e. The number of aromatic nitrogens is 1. The van der Waals surface area contributed by atoms with Gasteiger partial charge in [0.25, 0.3) is 0 Å². The van der Waals surface area contributed by atoms with Crippen molar-refractivity contribution < 1.29 is 9.59 Å². The number of carbonyl (C=O) groups excluding carboxylic acids is 2. The molecule has 0 spiro atoms. The van der Waals surface area contributed by atoms with Crippen LogP contribution in [0.1, 0.15) is 23.2 Å². The molecule has 1 amide bonds. The Labute approximate surface area is 109 Å². The summed E-state index contributed by atoms with van der Waals surface area (Å²) in [6.07, 6.45) is 2.00. The zero-order valence-corrected chi connectivity index (χ0v) is 10.4. The van der Waals surface area contributed by atoms with E-state index in [0.717, 1.165) is 0 Å². The van der Waals surface area contributed by atoms with Crippen LogP contribution in [0.2, 0.25) is 0 Å². The average Bonchev–Trinajstić information content (AvgIpc) is 2.90. The molecule has 2 aromatic rings. The maximum Gasteiger partial charge on any atom is 0.226 e. The van der Waals surface area contributed by atoms with E-state index in [4.69, 9.17) is 0 Å². The minimum absolute atomic E-state index is 0.0233. The molecule has 0 aliphatic rings. The Hall–Kier alpha value is -2.01. The van der Waals surface area contributed by atoms with E-state index in [-0.39, 0.29) is 24.5 Å². The summed E-state index contributed by atoms with van der Waals surface area (Å²) >= 11 is 1.35. The third-order valence-electron chi connectivity index (χ3n) is 2.35. The van der Waals surface area contributed by atoms with Crippen molar-refractivity contribution in [3.63, 3.8) is 0 Å². The number of benzene rings is 1. The van der Waals surface area contributed by atoms with E-state index in [9.17, 15) is 9.59 Å². The number of thiazole rings is 1. The molecule has 0 unspecified atom stereocenters. The lowest BCUT2D eigenvalue weighted by molar-refractivity contribution is -0.116. The summed E-state index contributed by atoms with van der Waals surface area (Å²) in [5.74, 6) is -0.209. The number of rotatable bonds is 5. The highest BCUT2D eigenvalue weighted by Crippen LogP contribution is 2.11. The number of ketones is 1. The number of hydrogen-bond donors (Lipinski definition) is 1. The summed E-state index contributed by atoms with van der Waals surface area (Å²) in [7, 11) is 0. The molecule has 4 nitrogen and oxygen atoms in total. The minimum atomic E-state index is -0.186. The molecule has 18 heavy (non-hydrogen) atoms. The summed E-state index contributed by atoms with van der Waals surface area (Å²) in [6, 6.07) is 8.97. The first-order chi connectivity index (χ1) is 8.75. The number of nitrogens with zero attached hydrogens (tertiary/aromatic N) is 1. The van der Waals surface area contributed by atoms with Crippen LogP contribution in [0.15, 0.2) is 41.9 Å². The second kappa shape index (κ2) is 6.07. The fraction of sp³-hybridized carbons (Fsp3) is 0.154. The summed E-state index contributed by atoms with van der Waals surface area (Å²) in [4.78, 5) is 27.3. The molecular formula is C13H12N2O2S. The van der Waals surface area contributed by atoms with Gasteiger partial charge < -0.3 is 5.32 Å². The summed E-state index contributed by atoms with van der Waals surface area (Å²) in [6.45, 7) is 0. The van der Waals surface area contributed by atoms with Gasteiger partial charge in [-0.2, -0.15) is 0 Å². The van der Waals surface area contributed by atoms with Crippen LogP contribution in [-0.4, -0.2) is 16.7 Å². The lowest BCUT2D eigenvalue weighted by Crippen LogP contribution is -2.13. The van der Waals surface area contributed by atoms with Crippen molar-refractivity contribution in [3.05, 3.63) is 47.5 Å². The Bertz CT molecular complexity index is 523. The van der Waals surface area contributed by atoms with E-state index in [2.05, 4.69) is 10.3 Å². The molecule has 1 heterocycles. The van der Waals surface area contributed by atoms with Gasteiger partial charge in [0.15, 0.2) is 10.9 Å². The van der Waals surface area contributed by atoms with Crippen molar-refractivity contribution in [3.8, 4) is 0 Å². The standard InChI is InChI=1S/C13H12N2O2S/c16-11(10-4-2-1-3-5-10)6-7-12(17)15-13-14-8-9-18-13/h1-5,8-9H,6-7H2,(H,14,15,17). The third-order valence-corrected chi connectivity index (χ3v) is 3.04. The quantitative estimate of drug-likeness (QED) is 0.841. The van der Waals surface area contributed by atoms with E-state index in [1.54, 1.807) is 23.7 Å². The topological polar surface area (TPSA) is 59.1 Å². The molecule has 2 rings (SSSR count). The number of carbonyl (C=O) groups is 2. The van der Waals surface area contributed by atoms with Gasteiger partial charge in [-0.1, -0.05) is 30.3 Å².